The summed E-state index contributed by atoms with van der Waals surface area (Å²) in [7, 11) is 0. The molecule has 0 aliphatic carbocycles. The van der Waals surface area contributed by atoms with Crippen molar-refractivity contribution in [2.24, 2.45) is 5.14 Å². The maximum absolute atomic E-state index is 10.2. The molecule has 1 aromatic rings. The highest BCUT2D eigenvalue weighted by atomic mass is 32.2. The lowest BCUT2D eigenvalue weighted by molar-refractivity contribution is -0.107. The van der Waals surface area contributed by atoms with E-state index < -0.39 is 0 Å². The van der Waals surface area contributed by atoms with E-state index >= 15 is 0 Å². The highest BCUT2D eigenvalue weighted by molar-refractivity contribution is 7.97. The molecule has 4 heteroatoms. The Morgan fingerprint density at radius 3 is 3.00 bits per heavy atom. The van der Waals surface area contributed by atoms with Gasteiger partial charge in [0.1, 0.15) is 11.3 Å². The minimum Gasteiger partial charge on any atom is -0.303 e. The molecule has 0 saturated carbocycles. The number of pyridine rings is 1. The van der Waals surface area contributed by atoms with Crippen LogP contribution in [0.15, 0.2) is 17.2 Å². The molecule has 0 unspecified atom stereocenters. The minimum atomic E-state index is 0.382. The minimum absolute atomic E-state index is 0.382. The summed E-state index contributed by atoms with van der Waals surface area (Å²) in [4.78, 5) is 14.4. The number of aromatic nitrogens is 1. The largest absolute Gasteiger partial charge is 0.303 e. The van der Waals surface area contributed by atoms with Gasteiger partial charge >= 0.3 is 0 Å². The van der Waals surface area contributed by atoms with E-state index in [9.17, 15) is 4.79 Å². The molecule has 1 rings (SSSR count). The third-order valence-electron chi connectivity index (χ3n) is 1.49. The predicted octanol–water partition coefficient (Wildman–Crippen LogP) is 1.10. The van der Waals surface area contributed by atoms with Crippen LogP contribution in [0.5, 0.6) is 0 Å². The van der Waals surface area contributed by atoms with Gasteiger partial charge in [-0.15, -0.1) is 0 Å². The van der Waals surface area contributed by atoms with Crippen molar-refractivity contribution in [3.63, 3.8) is 0 Å². The third kappa shape index (κ3) is 2.06. The van der Waals surface area contributed by atoms with Crippen LogP contribution < -0.4 is 5.14 Å². The molecule has 64 valence electrons. The number of nitrogens with zero attached hydrogens (tertiary/aromatic N) is 1. The Morgan fingerprint density at radius 2 is 2.42 bits per heavy atom. The summed E-state index contributed by atoms with van der Waals surface area (Å²) in [6.45, 7) is 1.89. The first-order chi connectivity index (χ1) is 5.77. The third-order valence-corrected chi connectivity index (χ3v) is 2.07. The topological polar surface area (TPSA) is 56.0 Å². The molecule has 0 bridgehead atoms. The second-order valence-corrected chi connectivity index (χ2v) is 3.03. The van der Waals surface area contributed by atoms with Crippen molar-refractivity contribution in [2.45, 2.75) is 18.4 Å². The van der Waals surface area contributed by atoms with E-state index in [2.05, 4.69) is 4.98 Å². The van der Waals surface area contributed by atoms with Crippen LogP contribution in [0.1, 0.15) is 11.3 Å². The second kappa shape index (κ2) is 4.23. The molecule has 0 aromatic carbocycles. The Kier molecular flexibility index (Phi) is 3.25. The SMILES string of the molecule is Cc1ccc(CC=O)c(SN)n1. The van der Waals surface area contributed by atoms with Gasteiger partial charge in [-0.2, -0.15) is 0 Å². The van der Waals surface area contributed by atoms with Crippen LogP contribution in [0.3, 0.4) is 0 Å². The smallest absolute Gasteiger partial charge is 0.124 e. The van der Waals surface area contributed by atoms with Gasteiger partial charge in [0.25, 0.3) is 0 Å². The molecular weight excluding hydrogens is 172 g/mol. The normalized spacial score (nSPS) is 9.83. The van der Waals surface area contributed by atoms with E-state index in [0.29, 0.717) is 6.42 Å². The molecule has 2 N–H and O–H groups in total. The van der Waals surface area contributed by atoms with Gasteiger partial charge in [-0.25, -0.2) is 4.98 Å². The lowest BCUT2D eigenvalue weighted by Gasteiger charge is -2.02. The Morgan fingerprint density at radius 1 is 1.67 bits per heavy atom. The van der Waals surface area contributed by atoms with E-state index in [1.807, 2.05) is 19.1 Å². The summed E-state index contributed by atoms with van der Waals surface area (Å²) in [5.74, 6) is 0. The standard InChI is InChI=1S/C8H10N2OS/c1-6-2-3-7(4-5-11)8(10-6)12-9/h2-3,5H,4,9H2,1H3. The van der Waals surface area contributed by atoms with Crippen molar-refractivity contribution < 1.29 is 4.79 Å². The van der Waals surface area contributed by atoms with Crippen molar-refractivity contribution in [1.82, 2.24) is 4.98 Å². The summed E-state index contributed by atoms with van der Waals surface area (Å²) < 4.78 is 0. The molecule has 0 spiro atoms. The highest BCUT2D eigenvalue weighted by Crippen LogP contribution is 2.15. The number of hydrogen-bond donors (Lipinski definition) is 1. The van der Waals surface area contributed by atoms with E-state index in [4.69, 9.17) is 5.14 Å². The van der Waals surface area contributed by atoms with Gasteiger partial charge in [-0.3, -0.25) is 5.14 Å². The highest BCUT2D eigenvalue weighted by Gasteiger charge is 2.02. The molecule has 0 aliphatic rings. The summed E-state index contributed by atoms with van der Waals surface area (Å²) in [5, 5.41) is 6.13. The van der Waals surface area contributed by atoms with Gasteiger partial charge in [0.05, 0.1) is 0 Å². The van der Waals surface area contributed by atoms with Crippen molar-refractivity contribution >= 4 is 18.2 Å². The monoisotopic (exact) mass is 182 g/mol. The fraction of sp³-hybridized carbons (Fsp3) is 0.250. The average Bonchev–Trinajstić information content (AvgIpc) is 2.08. The summed E-state index contributed by atoms with van der Waals surface area (Å²) in [5.41, 5.74) is 1.81. The molecule has 0 aliphatic heterocycles. The van der Waals surface area contributed by atoms with Gasteiger partial charge in [0, 0.05) is 12.1 Å². The molecule has 1 heterocycles. The molecule has 0 radical (unpaired) electrons. The van der Waals surface area contributed by atoms with Crippen molar-refractivity contribution in [1.29, 1.82) is 0 Å². The van der Waals surface area contributed by atoms with E-state index in [0.717, 1.165) is 34.5 Å². The van der Waals surface area contributed by atoms with Crippen LogP contribution in [0.25, 0.3) is 0 Å². The fourth-order valence-electron chi connectivity index (χ4n) is 0.909. The van der Waals surface area contributed by atoms with Gasteiger partial charge in [0.15, 0.2) is 0 Å². The summed E-state index contributed by atoms with van der Waals surface area (Å²) in [6, 6.07) is 3.75. The van der Waals surface area contributed by atoms with E-state index in [1.54, 1.807) is 0 Å². The predicted molar refractivity (Wildman–Crippen MR) is 48.8 cm³/mol. The summed E-state index contributed by atoms with van der Waals surface area (Å²) in [6.07, 6.45) is 1.23. The van der Waals surface area contributed by atoms with E-state index in [-0.39, 0.29) is 0 Å². The summed E-state index contributed by atoms with van der Waals surface area (Å²) >= 11 is 1.08. The van der Waals surface area contributed by atoms with Crippen LogP contribution in [0, 0.1) is 6.92 Å². The molecule has 3 nitrogen and oxygen atoms in total. The van der Waals surface area contributed by atoms with Gasteiger partial charge in [0.2, 0.25) is 0 Å². The zero-order valence-corrected chi connectivity index (χ0v) is 7.60. The molecule has 0 atom stereocenters. The Bertz CT molecular complexity index is 288. The molecule has 0 fully saturated rings. The van der Waals surface area contributed by atoms with Crippen molar-refractivity contribution in [3.8, 4) is 0 Å². The fourth-order valence-corrected chi connectivity index (χ4v) is 1.41. The quantitative estimate of drug-likeness (QED) is 0.561. The van der Waals surface area contributed by atoms with E-state index in [1.165, 1.54) is 0 Å². The zero-order valence-electron chi connectivity index (χ0n) is 6.78. The zero-order chi connectivity index (χ0) is 8.97. The second-order valence-electron chi connectivity index (χ2n) is 2.41. The number of carbonyl (C=O) groups excluding carboxylic acids is 1. The first kappa shape index (κ1) is 9.22. The molecule has 0 saturated heterocycles. The number of carbonyl (C=O) groups is 1. The van der Waals surface area contributed by atoms with Crippen LogP contribution in [-0.4, -0.2) is 11.3 Å². The van der Waals surface area contributed by atoms with Crippen LogP contribution in [0.2, 0.25) is 0 Å². The lowest BCUT2D eigenvalue weighted by Crippen LogP contribution is -1.96. The van der Waals surface area contributed by atoms with Gasteiger partial charge in [-0.1, -0.05) is 6.07 Å². The maximum Gasteiger partial charge on any atom is 0.124 e. The van der Waals surface area contributed by atoms with Gasteiger partial charge in [-0.05, 0) is 30.5 Å². The molecular formula is C8H10N2OS. The van der Waals surface area contributed by atoms with Crippen molar-refractivity contribution in [3.05, 3.63) is 23.4 Å². The van der Waals surface area contributed by atoms with Gasteiger partial charge < -0.3 is 4.79 Å². The number of rotatable bonds is 3. The first-order valence-corrected chi connectivity index (χ1v) is 4.42. The molecule has 12 heavy (non-hydrogen) atoms. The Labute approximate surface area is 75.5 Å². The number of nitrogens with two attached hydrogens (primary N) is 1. The average molecular weight is 182 g/mol. The Hall–Kier alpha value is -0.870. The maximum atomic E-state index is 10.2. The van der Waals surface area contributed by atoms with Crippen LogP contribution in [0.4, 0.5) is 0 Å². The lowest BCUT2D eigenvalue weighted by atomic mass is 10.2. The number of hydrogen-bond acceptors (Lipinski definition) is 4. The first-order valence-electron chi connectivity index (χ1n) is 3.55. The van der Waals surface area contributed by atoms with Crippen molar-refractivity contribution in [2.75, 3.05) is 0 Å². The van der Waals surface area contributed by atoms with Crippen LogP contribution in [-0.2, 0) is 11.2 Å². The van der Waals surface area contributed by atoms with Crippen LogP contribution >= 0.6 is 11.9 Å². The number of aryl methyl sites for hydroxylation is 1. The molecule has 1 aromatic heterocycles. The Balaban J connectivity index is 3.01. The number of aldehydes is 1. The molecule has 0 amide bonds.